The summed E-state index contributed by atoms with van der Waals surface area (Å²) in [5.74, 6) is -0.187. The fraction of sp³-hybridized carbons (Fsp3) is 0.333. The van der Waals surface area contributed by atoms with E-state index in [1.807, 2.05) is 6.92 Å². The monoisotopic (exact) mass is 211 g/mol. The highest BCUT2D eigenvalue weighted by atomic mass is 32.1. The number of nitrogens with zero attached hydrogens (tertiary/aromatic N) is 1. The van der Waals surface area contributed by atoms with Crippen LogP contribution in [0.3, 0.4) is 0 Å². The molecule has 1 atom stereocenters. The Bertz CT molecular complexity index is 335. The molecule has 0 bridgehead atoms. The average Bonchev–Trinajstić information content (AvgIpc) is 2.65. The first-order valence-electron chi connectivity index (χ1n) is 4.25. The van der Waals surface area contributed by atoms with Gasteiger partial charge in [-0.15, -0.1) is 17.9 Å². The zero-order valence-electron chi connectivity index (χ0n) is 7.99. The molecule has 0 aromatic carbocycles. The van der Waals surface area contributed by atoms with Gasteiger partial charge in [0, 0.05) is 18.0 Å². The summed E-state index contributed by atoms with van der Waals surface area (Å²) in [7, 11) is 0. The molecule has 4 nitrogen and oxygen atoms in total. The standard InChI is InChI=1S/C9H13N3OS/c1-3-6(2)11-9(13)7-5-14-8(4-10)12-7/h3,5-6H,1,4,10H2,2H3,(H,11,13). The molecule has 1 aromatic heterocycles. The summed E-state index contributed by atoms with van der Waals surface area (Å²) >= 11 is 1.39. The first-order chi connectivity index (χ1) is 6.67. The molecular formula is C9H13N3OS. The van der Waals surface area contributed by atoms with Crippen LogP contribution in [0.4, 0.5) is 0 Å². The highest BCUT2D eigenvalue weighted by molar-refractivity contribution is 7.09. The van der Waals surface area contributed by atoms with Crippen molar-refractivity contribution in [3.05, 3.63) is 28.7 Å². The van der Waals surface area contributed by atoms with Gasteiger partial charge in [-0.05, 0) is 6.92 Å². The third kappa shape index (κ3) is 2.65. The molecule has 0 aliphatic heterocycles. The molecule has 0 aliphatic rings. The van der Waals surface area contributed by atoms with Crippen LogP contribution in [-0.4, -0.2) is 16.9 Å². The van der Waals surface area contributed by atoms with Crippen LogP contribution in [0.25, 0.3) is 0 Å². The Hall–Kier alpha value is -1.20. The Morgan fingerprint density at radius 3 is 3.14 bits per heavy atom. The van der Waals surface area contributed by atoms with Gasteiger partial charge in [0.15, 0.2) is 0 Å². The highest BCUT2D eigenvalue weighted by Gasteiger charge is 2.10. The van der Waals surface area contributed by atoms with E-state index in [9.17, 15) is 4.79 Å². The average molecular weight is 211 g/mol. The van der Waals surface area contributed by atoms with E-state index >= 15 is 0 Å². The molecule has 1 rings (SSSR count). The van der Waals surface area contributed by atoms with Crippen molar-refractivity contribution < 1.29 is 4.79 Å². The smallest absolute Gasteiger partial charge is 0.271 e. The molecule has 0 fully saturated rings. The van der Waals surface area contributed by atoms with E-state index in [1.165, 1.54) is 11.3 Å². The first kappa shape index (κ1) is 10.9. The van der Waals surface area contributed by atoms with Crippen LogP contribution < -0.4 is 11.1 Å². The minimum Gasteiger partial charge on any atom is -0.345 e. The minimum atomic E-state index is -0.187. The summed E-state index contributed by atoms with van der Waals surface area (Å²) in [5, 5.41) is 5.20. The number of aromatic nitrogens is 1. The van der Waals surface area contributed by atoms with Crippen LogP contribution >= 0.6 is 11.3 Å². The number of carbonyl (C=O) groups excluding carboxylic acids is 1. The van der Waals surface area contributed by atoms with Crippen LogP contribution in [0.15, 0.2) is 18.0 Å². The zero-order chi connectivity index (χ0) is 10.6. The second-order valence-electron chi connectivity index (χ2n) is 2.83. The van der Waals surface area contributed by atoms with Crippen molar-refractivity contribution in [2.24, 2.45) is 5.73 Å². The van der Waals surface area contributed by atoms with Gasteiger partial charge in [0.25, 0.3) is 5.91 Å². The van der Waals surface area contributed by atoms with E-state index in [1.54, 1.807) is 11.5 Å². The van der Waals surface area contributed by atoms with E-state index in [4.69, 9.17) is 5.73 Å². The summed E-state index contributed by atoms with van der Waals surface area (Å²) < 4.78 is 0. The maximum Gasteiger partial charge on any atom is 0.271 e. The van der Waals surface area contributed by atoms with Gasteiger partial charge in [-0.2, -0.15) is 0 Å². The molecule has 76 valence electrons. The Balaban J connectivity index is 2.64. The molecule has 1 heterocycles. The number of hydrogen-bond acceptors (Lipinski definition) is 4. The Kier molecular flexibility index (Phi) is 3.79. The van der Waals surface area contributed by atoms with Gasteiger partial charge in [0.1, 0.15) is 10.7 Å². The van der Waals surface area contributed by atoms with Crippen molar-refractivity contribution in [1.29, 1.82) is 0 Å². The highest BCUT2D eigenvalue weighted by Crippen LogP contribution is 2.08. The molecule has 0 aliphatic carbocycles. The number of rotatable bonds is 4. The number of carbonyl (C=O) groups is 1. The quantitative estimate of drug-likeness (QED) is 0.727. The molecule has 0 saturated heterocycles. The number of hydrogen-bond donors (Lipinski definition) is 2. The maximum atomic E-state index is 11.5. The number of nitrogens with two attached hydrogens (primary N) is 1. The van der Waals surface area contributed by atoms with Crippen molar-refractivity contribution in [3.8, 4) is 0 Å². The molecule has 1 aromatic rings. The van der Waals surface area contributed by atoms with E-state index in [2.05, 4.69) is 16.9 Å². The fourth-order valence-electron chi connectivity index (χ4n) is 0.849. The number of thiazole rings is 1. The van der Waals surface area contributed by atoms with Gasteiger partial charge < -0.3 is 11.1 Å². The SMILES string of the molecule is C=CC(C)NC(=O)c1csc(CN)n1. The molecule has 0 saturated carbocycles. The number of amides is 1. The second kappa shape index (κ2) is 4.88. The summed E-state index contributed by atoms with van der Waals surface area (Å²) in [5.41, 5.74) is 5.81. The van der Waals surface area contributed by atoms with Gasteiger partial charge in [-0.25, -0.2) is 4.98 Å². The minimum absolute atomic E-state index is 0.0504. The Morgan fingerprint density at radius 1 is 1.93 bits per heavy atom. The largest absolute Gasteiger partial charge is 0.345 e. The van der Waals surface area contributed by atoms with Crippen molar-refractivity contribution in [3.63, 3.8) is 0 Å². The first-order valence-corrected chi connectivity index (χ1v) is 5.13. The predicted octanol–water partition coefficient (Wildman–Crippen LogP) is 0.906. The van der Waals surface area contributed by atoms with Crippen LogP contribution in [-0.2, 0) is 6.54 Å². The van der Waals surface area contributed by atoms with Crippen molar-refractivity contribution in [1.82, 2.24) is 10.3 Å². The lowest BCUT2D eigenvalue weighted by atomic mass is 10.3. The molecule has 1 amide bonds. The summed E-state index contributed by atoms with van der Waals surface area (Å²) in [6.07, 6.45) is 1.66. The van der Waals surface area contributed by atoms with E-state index in [0.29, 0.717) is 12.2 Å². The summed E-state index contributed by atoms with van der Waals surface area (Å²) in [6, 6.07) is -0.0504. The Morgan fingerprint density at radius 2 is 2.64 bits per heavy atom. The molecular weight excluding hydrogens is 198 g/mol. The maximum absolute atomic E-state index is 11.5. The van der Waals surface area contributed by atoms with Gasteiger partial charge in [-0.1, -0.05) is 6.08 Å². The van der Waals surface area contributed by atoms with Crippen molar-refractivity contribution in [2.45, 2.75) is 19.5 Å². The van der Waals surface area contributed by atoms with Crippen molar-refractivity contribution in [2.75, 3.05) is 0 Å². The lowest BCUT2D eigenvalue weighted by Gasteiger charge is -2.06. The second-order valence-corrected chi connectivity index (χ2v) is 3.77. The lowest BCUT2D eigenvalue weighted by molar-refractivity contribution is 0.0942. The molecule has 0 radical (unpaired) electrons. The van der Waals surface area contributed by atoms with E-state index in [0.717, 1.165) is 5.01 Å². The third-order valence-electron chi connectivity index (χ3n) is 1.67. The third-order valence-corrected chi connectivity index (χ3v) is 2.54. The van der Waals surface area contributed by atoms with Gasteiger partial charge in [0.2, 0.25) is 0 Å². The van der Waals surface area contributed by atoms with Gasteiger partial charge >= 0.3 is 0 Å². The predicted molar refractivity (Wildman–Crippen MR) is 57.1 cm³/mol. The van der Waals surface area contributed by atoms with Crippen LogP contribution in [0.2, 0.25) is 0 Å². The number of nitrogens with one attached hydrogen (secondary N) is 1. The lowest BCUT2D eigenvalue weighted by Crippen LogP contribution is -2.31. The van der Waals surface area contributed by atoms with Crippen LogP contribution in [0.5, 0.6) is 0 Å². The van der Waals surface area contributed by atoms with Gasteiger partial charge in [0.05, 0.1) is 0 Å². The Labute approximate surface area is 86.8 Å². The van der Waals surface area contributed by atoms with Crippen LogP contribution in [0, 0.1) is 0 Å². The molecule has 14 heavy (non-hydrogen) atoms. The molecule has 5 heteroatoms. The zero-order valence-corrected chi connectivity index (χ0v) is 8.80. The summed E-state index contributed by atoms with van der Waals surface area (Å²) in [6.45, 7) is 5.79. The molecule has 3 N–H and O–H groups in total. The molecule has 1 unspecified atom stereocenters. The molecule has 0 spiro atoms. The van der Waals surface area contributed by atoms with E-state index < -0.39 is 0 Å². The van der Waals surface area contributed by atoms with Crippen molar-refractivity contribution >= 4 is 17.2 Å². The van der Waals surface area contributed by atoms with Gasteiger partial charge in [-0.3, -0.25) is 4.79 Å². The fourth-order valence-corrected chi connectivity index (χ4v) is 1.50. The topological polar surface area (TPSA) is 68.0 Å². The normalized spacial score (nSPS) is 12.1. The summed E-state index contributed by atoms with van der Waals surface area (Å²) in [4.78, 5) is 15.6. The van der Waals surface area contributed by atoms with E-state index in [-0.39, 0.29) is 11.9 Å². The van der Waals surface area contributed by atoms with Crippen LogP contribution in [0.1, 0.15) is 22.4 Å².